The summed E-state index contributed by atoms with van der Waals surface area (Å²) in [6, 6.07) is 14.4. The van der Waals surface area contributed by atoms with E-state index in [2.05, 4.69) is 15.1 Å². The average molecular weight is 508 g/mol. The van der Waals surface area contributed by atoms with E-state index >= 15 is 0 Å². The number of alkyl halides is 3. The number of rotatable bonds is 8. The van der Waals surface area contributed by atoms with Gasteiger partial charge >= 0.3 is 12.3 Å². The molecule has 2 atom stereocenters. The molecule has 2 aromatic carbocycles. The van der Waals surface area contributed by atoms with Crippen molar-refractivity contribution >= 4 is 6.09 Å². The molecule has 3 rings (SSSR count). The van der Waals surface area contributed by atoms with Crippen LogP contribution in [0.5, 0.6) is 0 Å². The Kier molecular flexibility index (Phi) is 9.38. The summed E-state index contributed by atoms with van der Waals surface area (Å²) in [5, 5.41) is 13.9. The summed E-state index contributed by atoms with van der Waals surface area (Å²) in [4.78, 5) is 16.7. The number of amides is 1. The normalized spacial score (nSPS) is 17.4. The fraction of sp³-hybridized carbons (Fsp3) is 0.519. The van der Waals surface area contributed by atoms with E-state index in [0.717, 1.165) is 36.3 Å². The minimum Gasteiger partial charge on any atom is -0.444 e. The van der Waals surface area contributed by atoms with Gasteiger partial charge in [0.1, 0.15) is 5.60 Å². The molecule has 1 aliphatic rings. The summed E-state index contributed by atoms with van der Waals surface area (Å²) in [7, 11) is 0. The second-order valence-electron chi connectivity index (χ2n) is 10.3. The number of piperazine rings is 1. The molecule has 1 aliphatic heterocycles. The van der Waals surface area contributed by atoms with Gasteiger partial charge in [-0.2, -0.15) is 13.2 Å². The Balaban J connectivity index is 1.53. The molecule has 2 N–H and O–H groups in total. The van der Waals surface area contributed by atoms with Crippen LogP contribution >= 0.6 is 0 Å². The van der Waals surface area contributed by atoms with E-state index in [1.807, 2.05) is 30.3 Å². The quantitative estimate of drug-likeness (QED) is 0.557. The lowest BCUT2D eigenvalue weighted by Crippen LogP contribution is -2.53. The maximum absolute atomic E-state index is 12.8. The van der Waals surface area contributed by atoms with Crippen LogP contribution in [-0.4, -0.2) is 71.5 Å². The number of halogens is 3. The van der Waals surface area contributed by atoms with Crippen molar-refractivity contribution in [2.24, 2.45) is 0 Å². The molecule has 0 spiro atoms. The maximum Gasteiger partial charge on any atom is 0.416 e. The minimum absolute atomic E-state index is 0.390. The summed E-state index contributed by atoms with van der Waals surface area (Å²) in [5.41, 5.74) is 0.547. The standard InChI is InChI=1S/C27H36F3N3O3/c1-26(2,3)36-25(35)31-23(17-20-7-5-4-6-8-20)24(34)19-33-15-13-32(14-16-33)18-21-9-11-22(12-10-21)27(28,29)30/h4-12,23-24,34H,13-19H2,1-3H3,(H,31,35)/t23-,24+/m0/s1. The largest absolute Gasteiger partial charge is 0.444 e. The molecule has 0 saturated carbocycles. The Labute approximate surface area is 211 Å². The molecule has 36 heavy (non-hydrogen) atoms. The first-order valence-corrected chi connectivity index (χ1v) is 12.2. The van der Waals surface area contributed by atoms with Crippen molar-refractivity contribution in [3.63, 3.8) is 0 Å². The van der Waals surface area contributed by atoms with E-state index in [1.54, 1.807) is 20.8 Å². The van der Waals surface area contributed by atoms with Crippen LogP contribution in [0.15, 0.2) is 54.6 Å². The SMILES string of the molecule is CC(C)(C)OC(=O)N[C@@H](Cc1ccccc1)[C@H](O)CN1CCN(Cc2ccc(C(F)(F)F)cc2)CC1. The third kappa shape index (κ3) is 9.11. The van der Waals surface area contributed by atoms with Crippen LogP contribution in [0, 0.1) is 0 Å². The number of aliphatic hydroxyl groups is 1. The van der Waals surface area contributed by atoms with Gasteiger partial charge in [-0.05, 0) is 50.5 Å². The van der Waals surface area contributed by atoms with Gasteiger partial charge in [0.2, 0.25) is 0 Å². The van der Waals surface area contributed by atoms with Gasteiger partial charge in [-0.3, -0.25) is 9.80 Å². The predicted molar refractivity (Wildman–Crippen MR) is 132 cm³/mol. The maximum atomic E-state index is 12.8. The van der Waals surface area contributed by atoms with Gasteiger partial charge in [-0.1, -0.05) is 42.5 Å². The zero-order valence-electron chi connectivity index (χ0n) is 21.1. The topological polar surface area (TPSA) is 65.0 Å². The fourth-order valence-electron chi connectivity index (χ4n) is 4.19. The highest BCUT2D eigenvalue weighted by atomic mass is 19.4. The van der Waals surface area contributed by atoms with E-state index in [0.29, 0.717) is 32.6 Å². The Morgan fingerprint density at radius 3 is 2.08 bits per heavy atom. The van der Waals surface area contributed by atoms with Crippen molar-refractivity contribution in [1.82, 2.24) is 15.1 Å². The third-order valence-corrected chi connectivity index (χ3v) is 6.06. The summed E-state index contributed by atoms with van der Waals surface area (Å²) >= 11 is 0. The Morgan fingerprint density at radius 1 is 0.944 bits per heavy atom. The Bertz CT molecular complexity index is 954. The zero-order valence-corrected chi connectivity index (χ0v) is 21.1. The second-order valence-corrected chi connectivity index (χ2v) is 10.3. The van der Waals surface area contributed by atoms with Crippen molar-refractivity contribution in [2.75, 3.05) is 32.7 Å². The number of carbonyl (C=O) groups excluding carboxylic acids is 1. The molecular formula is C27H36F3N3O3. The number of alkyl carbamates (subject to hydrolysis) is 1. The van der Waals surface area contributed by atoms with E-state index in [1.165, 1.54) is 12.1 Å². The molecule has 0 unspecified atom stereocenters. The molecule has 1 heterocycles. The van der Waals surface area contributed by atoms with Crippen LogP contribution in [-0.2, 0) is 23.9 Å². The molecule has 2 aromatic rings. The lowest BCUT2D eigenvalue weighted by atomic mass is 10.0. The van der Waals surface area contributed by atoms with Crippen LogP contribution in [0.2, 0.25) is 0 Å². The number of nitrogens with zero attached hydrogens (tertiary/aromatic N) is 2. The molecule has 1 saturated heterocycles. The smallest absolute Gasteiger partial charge is 0.416 e. The molecule has 0 bridgehead atoms. The number of carbonyl (C=O) groups is 1. The van der Waals surface area contributed by atoms with Crippen LogP contribution in [0.1, 0.15) is 37.5 Å². The third-order valence-electron chi connectivity index (χ3n) is 6.06. The number of hydrogen-bond acceptors (Lipinski definition) is 5. The van der Waals surface area contributed by atoms with Crippen LogP contribution in [0.3, 0.4) is 0 Å². The number of β-amino-alcohol motifs (C(OH)–C–C–N with tert-alkyl or cyclic N) is 1. The van der Waals surface area contributed by atoms with Crippen molar-refractivity contribution in [3.05, 3.63) is 71.3 Å². The van der Waals surface area contributed by atoms with Gasteiger partial charge in [-0.15, -0.1) is 0 Å². The van der Waals surface area contributed by atoms with E-state index in [-0.39, 0.29) is 0 Å². The first kappa shape index (κ1) is 28.0. The summed E-state index contributed by atoms with van der Waals surface area (Å²) in [5.74, 6) is 0. The molecule has 0 aromatic heterocycles. The van der Waals surface area contributed by atoms with Crippen LogP contribution in [0.4, 0.5) is 18.0 Å². The van der Waals surface area contributed by atoms with E-state index in [9.17, 15) is 23.1 Å². The van der Waals surface area contributed by atoms with E-state index in [4.69, 9.17) is 4.74 Å². The monoisotopic (exact) mass is 507 g/mol. The van der Waals surface area contributed by atoms with Gasteiger partial charge in [0.25, 0.3) is 0 Å². The van der Waals surface area contributed by atoms with Crippen molar-refractivity contribution in [1.29, 1.82) is 0 Å². The summed E-state index contributed by atoms with van der Waals surface area (Å²) in [6.45, 7) is 9.22. The number of nitrogens with one attached hydrogen (secondary N) is 1. The van der Waals surface area contributed by atoms with Crippen LogP contribution < -0.4 is 5.32 Å². The molecule has 0 radical (unpaired) electrons. The Morgan fingerprint density at radius 2 is 1.53 bits per heavy atom. The highest BCUT2D eigenvalue weighted by Crippen LogP contribution is 2.29. The summed E-state index contributed by atoms with van der Waals surface area (Å²) in [6.07, 6.45) is -5.24. The molecule has 9 heteroatoms. The zero-order chi connectivity index (χ0) is 26.3. The van der Waals surface area contributed by atoms with E-state index < -0.39 is 35.6 Å². The number of hydrogen-bond donors (Lipinski definition) is 2. The van der Waals surface area contributed by atoms with Crippen molar-refractivity contribution in [3.8, 4) is 0 Å². The summed E-state index contributed by atoms with van der Waals surface area (Å²) < 4.78 is 43.7. The number of ether oxygens (including phenoxy) is 1. The number of aliphatic hydroxyl groups excluding tert-OH is 1. The highest BCUT2D eigenvalue weighted by molar-refractivity contribution is 5.68. The lowest BCUT2D eigenvalue weighted by molar-refractivity contribution is -0.137. The Hall–Kier alpha value is -2.62. The molecule has 0 aliphatic carbocycles. The fourth-order valence-corrected chi connectivity index (χ4v) is 4.19. The lowest BCUT2D eigenvalue weighted by Gasteiger charge is -2.37. The van der Waals surface area contributed by atoms with Crippen LogP contribution in [0.25, 0.3) is 0 Å². The minimum atomic E-state index is -4.33. The molecule has 1 amide bonds. The van der Waals surface area contributed by atoms with Gasteiger partial charge in [0.15, 0.2) is 0 Å². The van der Waals surface area contributed by atoms with Crippen molar-refractivity contribution in [2.45, 2.75) is 57.7 Å². The highest BCUT2D eigenvalue weighted by Gasteiger charge is 2.30. The number of benzene rings is 2. The van der Waals surface area contributed by atoms with Crippen molar-refractivity contribution < 1.29 is 27.8 Å². The average Bonchev–Trinajstić information content (AvgIpc) is 2.79. The molecule has 198 valence electrons. The molecular weight excluding hydrogens is 471 g/mol. The van der Waals surface area contributed by atoms with Gasteiger partial charge in [-0.25, -0.2) is 4.79 Å². The van der Waals surface area contributed by atoms with Gasteiger partial charge < -0.3 is 15.2 Å². The second kappa shape index (κ2) is 12.1. The van der Waals surface area contributed by atoms with Gasteiger partial charge in [0, 0.05) is 39.3 Å². The van der Waals surface area contributed by atoms with Gasteiger partial charge in [0.05, 0.1) is 17.7 Å². The molecule has 1 fully saturated rings. The first-order valence-electron chi connectivity index (χ1n) is 12.2. The first-order chi connectivity index (χ1) is 16.9. The predicted octanol–water partition coefficient (Wildman–Crippen LogP) is 4.32. The molecule has 6 nitrogen and oxygen atoms in total.